The van der Waals surface area contributed by atoms with Crippen LogP contribution in [-0.4, -0.2) is 6.10 Å². The molecule has 0 bridgehead atoms. The van der Waals surface area contributed by atoms with Gasteiger partial charge in [0.15, 0.2) is 0 Å². The van der Waals surface area contributed by atoms with Gasteiger partial charge in [0.2, 0.25) is 0 Å². The first-order chi connectivity index (χ1) is 14.9. The highest BCUT2D eigenvalue weighted by Crippen LogP contribution is 2.54. The molecule has 0 spiro atoms. The standard InChI is InChI=1S/C26H28F4O/c1-3-5-6-8-16-10-12-20-21-14-13-19(17-9-11-18(7-4-2)31-15-17)25(28)23(21)26(29,30)22(20)24(16)27/h10,12-15,18H,3-9,11H2,1-2H3. The molecule has 0 radical (unpaired) electrons. The molecule has 166 valence electrons. The lowest BCUT2D eigenvalue weighted by atomic mass is 9.93. The summed E-state index contributed by atoms with van der Waals surface area (Å²) in [5, 5.41) is 0. The van der Waals surface area contributed by atoms with Gasteiger partial charge in [0, 0.05) is 5.56 Å². The van der Waals surface area contributed by atoms with Crippen LogP contribution in [0.3, 0.4) is 0 Å². The van der Waals surface area contributed by atoms with E-state index in [2.05, 4.69) is 6.92 Å². The van der Waals surface area contributed by atoms with Crippen molar-refractivity contribution in [2.75, 3.05) is 0 Å². The predicted molar refractivity (Wildman–Crippen MR) is 115 cm³/mol. The van der Waals surface area contributed by atoms with E-state index in [1.165, 1.54) is 24.5 Å². The van der Waals surface area contributed by atoms with Crippen LogP contribution in [0.25, 0.3) is 16.7 Å². The van der Waals surface area contributed by atoms with Crippen LogP contribution in [0, 0.1) is 11.6 Å². The summed E-state index contributed by atoms with van der Waals surface area (Å²) >= 11 is 0. The Hall–Kier alpha value is -2.30. The molecule has 0 amide bonds. The molecule has 31 heavy (non-hydrogen) atoms. The molecule has 0 saturated carbocycles. The van der Waals surface area contributed by atoms with E-state index in [0.717, 1.165) is 38.5 Å². The molecule has 1 nitrogen and oxygen atoms in total. The zero-order valence-corrected chi connectivity index (χ0v) is 18.0. The van der Waals surface area contributed by atoms with Gasteiger partial charge in [-0.05, 0) is 54.4 Å². The highest BCUT2D eigenvalue weighted by Gasteiger charge is 2.50. The number of allylic oxidation sites excluding steroid dienone is 1. The van der Waals surface area contributed by atoms with Crippen molar-refractivity contribution >= 4 is 5.57 Å². The van der Waals surface area contributed by atoms with Gasteiger partial charge < -0.3 is 4.74 Å². The summed E-state index contributed by atoms with van der Waals surface area (Å²) in [4.78, 5) is 0. The minimum atomic E-state index is -3.71. The Bertz CT molecular complexity index is 1010. The number of fused-ring (bicyclic) bond motifs is 3. The molecular formula is C26H28F4O. The van der Waals surface area contributed by atoms with Gasteiger partial charge in [-0.2, -0.15) is 8.78 Å². The van der Waals surface area contributed by atoms with Gasteiger partial charge in [-0.15, -0.1) is 0 Å². The van der Waals surface area contributed by atoms with Gasteiger partial charge in [0.05, 0.1) is 23.5 Å². The second-order valence-corrected chi connectivity index (χ2v) is 8.57. The fraction of sp³-hybridized carbons (Fsp3) is 0.462. The smallest absolute Gasteiger partial charge is 0.305 e. The first-order valence-corrected chi connectivity index (χ1v) is 11.3. The molecule has 2 aromatic rings. The second kappa shape index (κ2) is 8.68. The van der Waals surface area contributed by atoms with Gasteiger partial charge in [-0.1, -0.05) is 57.4 Å². The molecule has 1 heterocycles. The molecule has 2 aromatic carbocycles. The summed E-state index contributed by atoms with van der Waals surface area (Å²) in [7, 11) is 0. The van der Waals surface area contributed by atoms with Crippen LogP contribution in [0.5, 0.6) is 0 Å². The largest absolute Gasteiger partial charge is 0.498 e. The lowest BCUT2D eigenvalue weighted by Gasteiger charge is -2.24. The third-order valence-electron chi connectivity index (χ3n) is 6.43. The lowest BCUT2D eigenvalue weighted by molar-refractivity contribution is 0.0402. The number of benzene rings is 2. The molecule has 1 aliphatic carbocycles. The van der Waals surface area contributed by atoms with E-state index in [-0.39, 0.29) is 28.4 Å². The summed E-state index contributed by atoms with van der Waals surface area (Å²) in [6.45, 7) is 4.10. The molecule has 4 rings (SSSR count). The maximum atomic E-state index is 15.4. The average Bonchev–Trinajstić information content (AvgIpc) is 2.99. The number of unbranched alkanes of at least 4 members (excludes halogenated alkanes) is 2. The fourth-order valence-corrected chi connectivity index (χ4v) is 4.74. The van der Waals surface area contributed by atoms with Gasteiger partial charge in [0.1, 0.15) is 11.6 Å². The number of ether oxygens (including phenoxy) is 1. The summed E-state index contributed by atoms with van der Waals surface area (Å²) in [6, 6.07) is 6.08. The Kier molecular flexibility index (Phi) is 6.14. The molecule has 1 atom stereocenters. The first-order valence-electron chi connectivity index (χ1n) is 11.3. The van der Waals surface area contributed by atoms with Gasteiger partial charge in [0.25, 0.3) is 0 Å². The topological polar surface area (TPSA) is 9.23 Å². The Balaban J connectivity index is 1.72. The van der Waals surface area contributed by atoms with Crippen LogP contribution in [0.1, 0.15) is 81.0 Å². The minimum Gasteiger partial charge on any atom is -0.498 e. The van der Waals surface area contributed by atoms with Crippen molar-refractivity contribution in [1.82, 2.24) is 0 Å². The van der Waals surface area contributed by atoms with Crippen LogP contribution < -0.4 is 0 Å². The van der Waals surface area contributed by atoms with E-state index in [0.29, 0.717) is 18.4 Å². The van der Waals surface area contributed by atoms with E-state index < -0.39 is 28.7 Å². The van der Waals surface area contributed by atoms with Gasteiger partial charge >= 0.3 is 5.92 Å². The SMILES string of the molecule is CCCCCc1ccc2c(c1F)C(F)(F)c1c-2ccc(C2=COC(CCC)CC2)c1F. The maximum Gasteiger partial charge on any atom is 0.305 e. The van der Waals surface area contributed by atoms with Crippen LogP contribution in [0.15, 0.2) is 30.5 Å². The van der Waals surface area contributed by atoms with E-state index in [1.807, 2.05) is 6.92 Å². The third-order valence-corrected chi connectivity index (χ3v) is 6.43. The number of rotatable bonds is 7. The molecule has 0 saturated heterocycles. The molecule has 0 aromatic heterocycles. The van der Waals surface area contributed by atoms with E-state index in [4.69, 9.17) is 4.74 Å². The highest BCUT2D eigenvalue weighted by molar-refractivity contribution is 5.83. The molecule has 0 N–H and O–H groups in total. The summed E-state index contributed by atoms with van der Waals surface area (Å²) in [5.41, 5.74) is -0.304. The number of hydrogen-bond acceptors (Lipinski definition) is 1. The minimum absolute atomic E-state index is 0.0708. The normalized spacial score (nSPS) is 18.9. The third kappa shape index (κ3) is 3.77. The zero-order valence-electron chi connectivity index (χ0n) is 18.0. The van der Waals surface area contributed by atoms with Crippen LogP contribution in [0.4, 0.5) is 17.6 Å². The molecule has 5 heteroatoms. The Labute approximate surface area is 181 Å². The predicted octanol–water partition coefficient (Wildman–Crippen LogP) is 8.14. The van der Waals surface area contributed by atoms with Crippen molar-refractivity contribution in [3.05, 3.63) is 64.4 Å². The number of hydrogen-bond donors (Lipinski definition) is 0. The van der Waals surface area contributed by atoms with Crippen molar-refractivity contribution < 1.29 is 22.3 Å². The van der Waals surface area contributed by atoms with E-state index in [1.54, 1.807) is 6.07 Å². The lowest BCUT2D eigenvalue weighted by Crippen LogP contribution is -2.18. The van der Waals surface area contributed by atoms with Gasteiger partial charge in [-0.25, -0.2) is 8.78 Å². The van der Waals surface area contributed by atoms with Gasteiger partial charge in [-0.3, -0.25) is 0 Å². The van der Waals surface area contributed by atoms with E-state index in [9.17, 15) is 0 Å². The quantitative estimate of drug-likeness (QED) is 0.317. The van der Waals surface area contributed by atoms with Crippen molar-refractivity contribution in [1.29, 1.82) is 0 Å². The summed E-state index contributed by atoms with van der Waals surface area (Å²) in [5.74, 6) is -5.59. The van der Waals surface area contributed by atoms with Crippen molar-refractivity contribution in [2.45, 2.75) is 77.2 Å². The Morgan fingerprint density at radius 2 is 1.58 bits per heavy atom. The number of alkyl halides is 2. The number of halogens is 4. The highest BCUT2D eigenvalue weighted by atomic mass is 19.3. The fourth-order valence-electron chi connectivity index (χ4n) is 4.74. The first kappa shape index (κ1) is 21.9. The zero-order chi connectivity index (χ0) is 22.2. The summed E-state index contributed by atoms with van der Waals surface area (Å²) < 4.78 is 67.1. The average molecular weight is 433 g/mol. The van der Waals surface area contributed by atoms with Crippen molar-refractivity contribution in [3.8, 4) is 11.1 Å². The van der Waals surface area contributed by atoms with Crippen molar-refractivity contribution in [3.63, 3.8) is 0 Å². The molecule has 0 fully saturated rings. The number of aryl methyl sites for hydroxylation is 1. The maximum absolute atomic E-state index is 15.4. The Morgan fingerprint density at radius 3 is 2.23 bits per heavy atom. The van der Waals surface area contributed by atoms with Crippen LogP contribution >= 0.6 is 0 Å². The monoisotopic (exact) mass is 432 g/mol. The summed E-state index contributed by atoms with van der Waals surface area (Å²) in [6.07, 6.45) is 7.76. The molecular weight excluding hydrogens is 404 g/mol. The van der Waals surface area contributed by atoms with Crippen molar-refractivity contribution in [2.24, 2.45) is 0 Å². The Morgan fingerprint density at radius 1 is 0.903 bits per heavy atom. The van der Waals surface area contributed by atoms with Crippen LogP contribution in [-0.2, 0) is 17.1 Å². The molecule has 2 aliphatic rings. The molecule has 1 aliphatic heterocycles. The molecule has 1 unspecified atom stereocenters. The van der Waals surface area contributed by atoms with Crippen LogP contribution in [0.2, 0.25) is 0 Å². The second-order valence-electron chi connectivity index (χ2n) is 8.57. The van der Waals surface area contributed by atoms with E-state index >= 15 is 17.6 Å².